The molecule has 0 spiro atoms. The predicted molar refractivity (Wildman–Crippen MR) is 208 cm³/mol. The average Bonchev–Trinajstić information content (AvgIpc) is 3.67. The average molecular weight is 784 g/mol. The fourth-order valence-corrected chi connectivity index (χ4v) is 9.73. The number of aryl methyl sites for hydroxylation is 1. The second-order valence-electron chi connectivity index (χ2n) is 16.2. The molecule has 57 heavy (non-hydrogen) atoms. The first-order valence-corrected chi connectivity index (χ1v) is 20.0. The van der Waals surface area contributed by atoms with Gasteiger partial charge in [0, 0.05) is 75.7 Å². The van der Waals surface area contributed by atoms with Crippen LogP contribution in [0.15, 0.2) is 60.2 Å². The zero-order valence-corrected chi connectivity index (χ0v) is 31.6. The molecule has 14 heteroatoms. The third-order valence-electron chi connectivity index (χ3n) is 12.6. The summed E-state index contributed by atoms with van der Waals surface area (Å²) in [6, 6.07) is 16.7. The number of rotatable bonds is 7. The number of halogens is 4. The van der Waals surface area contributed by atoms with Crippen molar-refractivity contribution in [3.63, 3.8) is 0 Å². The van der Waals surface area contributed by atoms with Crippen molar-refractivity contribution < 1.29 is 31.9 Å². The predicted octanol–water partition coefficient (Wildman–Crippen LogP) is 6.59. The smallest absolute Gasteiger partial charge is 0.372 e. The molecule has 3 fully saturated rings. The van der Waals surface area contributed by atoms with E-state index in [-0.39, 0.29) is 24.7 Å². The Morgan fingerprint density at radius 3 is 2.25 bits per heavy atom. The fraction of sp³-hybridized carbons (Fsp3) is 0.442. The number of anilines is 2. The van der Waals surface area contributed by atoms with Crippen LogP contribution in [0.2, 0.25) is 0 Å². The first kappa shape index (κ1) is 37.3. The van der Waals surface area contributed by atoms with Gasteiger partial charge in [-0.1, -0.05) is 23.8 Å². The van der Waals surface area contributed by atoms with E-state index in [1.54, 1.807) is 17.0 Å². The Labute approximate surface area is 327 Å². The molecular formula is C43H45F4N7O3. The summed E-state index contributed by atoms with van der Waals surface area (Å²) in [5.41, 5.74) is 7.08. The van der Waals surface area contributed by atoms with Crippen molar-refractivity contribution in [1.29, 1.82) is 0 Å². The second kappa shape index (κ2) is 14.9. The van der Waals surface area contributed by atoms with Gasteiger partial charge in [-0.05, 0) is 109 Å². The van der Waals surface area contributed by atoms with Gasteiger partial charge in [-0.25, -0.2) is 0 Å². The maximum Gasteiger partial charge on any atom is 0.392 e. The Kier molecular flexibility index (Phi) is 9.78. The first-order chi connectivity index (χ1) is 27.5. The number of H-pyrrole nitrogens is 1. The van der Waals surface area contributed by atoms with Gasteiger partial charge in [-0.3, -0.25) is 29.7 Å². The van der Waals surface area contributed by atoms with Gasteiger partial charge in [-0.2, -0.15) is 22.7 Å². The topological polar surface area (TPSA) is 105 Å². The van der Waals surface area contributed by atoms with Crippen molar-refractivity contribution in [2.24, 2.45) is 5.92 Å². The van der Waals surface area contributed by atoms with Gasteiger partial charge in [0.2, 0.25) is 17.8 Å². The van der Waals surface area contributed by atoms with Crippen LogP contribution in [0.3, 0.4) is 0 Å². The van der Waals surface area contributed by atoms with Gasteiger partial charge in [0.05, 0.1) is 17.3 Å². The number of imide groups is 1. The lowest BCUT2D eigenvalue weighted by molar-refractivity contribution is -0.137. The van der Waals surface area contributed by atoms with Gasteiger partial charge < -0.3 is 14.7 Å². The number of carbonyl (C=O) groups excluding carboxylic acids is 3. The summed E-state index contributed by atoms with van der Waals surface area (Å²) < 4.78 is 56.4. The van der Waals surface area contributed by atoms with Gasteiger partial charge in [0.15, 0.2) is 0 Å². The highest BCUT2D eigenvalue weighted by molar-refractivity contribution is 6.05. The highest BCUT2D eigenvalue weighted by Crippen LogP contribution is 2.42. The Morgan fingerprint density at radius 1 is 0.789 bits per heavy atom. The lowest BCUT2D eigenvalue weighted by Crippen LogP contribution is -2.52. The molecule has 1 aromatic heterocycles. The Morgan fingerprint density at radius 2 is 1.51 bits per heavy atom. The van der Waals surface area contributed by atoms with Crippen molar-refractivity contribution >= 4 is 45.6 Å². The van der Waals surface area contributed by atoms with E-state index in [0.29, 0.717) is 76.0 Å². The summed E-state index contributed by atoms with van der Waals surface area (Å²) in [6.07, 6.45) is -1.42. The Hall–Kier alpha value is -5.24. The number of benzene rings is 3. The van der Waals surface area contributed by atoms with Crippen LogP contribution in [-0.2, 0) is 22.6 Å². The molecule has 0 unspecified atom stereocenters. The van der Waals surface area contributed by atoms with Gasteiger partial charge in [0.25, 0.3) is 5.91 Å². The second-order valence-corrected chi connectivity index (χ2v) is 16.2. The van der Waals surface area contributed by atoms with E-state index in [1.165, 1.54) is 0 Å². The largest absolute Gasteiger partial charge is 0.392 e. The summed E-state index contributed by atoms with van der Waals surface area (Å²) in [7, 11) is 0. The van der Waals surface area contributed by atoms with Gasteiger partial charge in [-0.15, -0.1) is 0 Å². The number of fused-ring (bicyclic) bond motifs is 4. The number of piperazine rings is 1. The van der Waals surface area contributed by atoms with Crippen molar-refractivity contribution in [2.45, 2.75) is 70.1 Å². The number of amides is 3. The number of alkyl halides is 3. The number of aromatic nitrogens is 2. The molecule has 1 aliphatic carbocycles. The molecule has 0 radical (unpaired) electrons. The van der Waals surface area contributed by atoms with E-state index in [9.17, 15) is 31.9 Å². The van der Waals surface area contributed by atoms with Crippen molar-refractivity contribution in [1.82, 2.24) is 25.3 Å². The third kappa shape index (κ3) is 7.39. The molecular weight excluding hydrogens is 739 g/mol. The molecule has 0 bridgehead atoms. The number of hydrogen-bond donors (Lipinski definition) is 2. The maximum absolute atomic E-state index is 14.8. The minimum Gasteiger partial charge on any atom is -0.372 e. The van der Waals surface area contributed by atoms with Crippen LogP contribution in [0.1, 0.15) is 77.6 Å². The number of hydrogen-bond acceptors (Lipinski definition) is 7. The van der Waals surface area contributed by atoms with Crippen LogP contribution in [-0.4, -0.2) is 95.8 Å². The molecule has 5 heterocycles. The highest BCUT2D eigenvalue weighted by atomic mass is 19.4. The summed E-state index contributed by atoms with van der Waals surface area (Å²) in [5, 5.41) is 9.17. The maximum atomic E-state index is 14.8. The minimum absolute atomic E-state index is 0.161. The number of nitrogens with zero attached hydrogens (tertiary/aromatic N) is 5. The molecule has 3 saturated heterocycles. The lowest BCUT2D eigenvalue weighted by Gasteiger charge is -2.40. The quantitative estimate of drug-likeness (QED) is 0.161. The van der Waals surface area contributed by atoms with E-state index in [2.05, 4.69) is 36.3 Å². The molecule has 298 valence electrons. The van der Waals surface area contributed by atoms with Crippen molar-refractivity contribution in [3.05, 3.63) is 93.9 Å². The summed E-state index contributed by atoms with van der Waals surface area (Å²) in [4.78, 5) is 46.0. The van der Waals surface area contributed by atoms with Crippen molar-refractivity contribution in [2.75, 3.05) is 55.6 Å². The molecule has 10 nitrogen and oxygen atoms in total. The van der Waals surface area contributed by atoms with Crippen LogP contribution >= 0.6 is 0 Å². The molecule has 3 amide bonds. The normalized spacial score (nSPS) is 21.3. The van der Waals surface area contributed by atoms with E-state index in [4.69, 9.17) is 0 Å². The standard InChI is InChI=1S/C43H45F4N7O3/c44-40-39-33-3-1-2-28(23-43(45,46)47)38(34(33)10-11-35(39)49-50-40)27-4-6-30(7-5-27)52-16-14-26(15-17-52)24-51-18-20-53(21-19-51)31-8-9-32-29(22-31)25-54(42(32)57)36-12-13-37(55)48-41(36)56/h4-11,22,26,36H,1-3,12-21,23-25H2,(H,49,50)(H,48,55,56)/t36-/m0/s1. The molecule has 3 aromatic carbocycles. The van der Waals surface area contributed by atoms with E-state index >= 15 is 0 Å². The molecule has 9 rings (SSSR count). The number of aromatic amines is 1. The number of piperidine rings is 2. The molecule has 0 saturated carbocycles. The zero-order valence-electron chi connectivity index (χ0n) is 31.6. The number of allylic oxidation sites excluding steroid dienone is 1. The minimum atomic E-state index is -4.36. The zero-order chi connectivity index (χ0) is 39.4. The molecule has 2 N–H and O–H groups in total. The molecule has 5 aliphatic rings. The number of carbonyl (C=O) groups is 3. The molecule has 4 aliphatic heterocycles. The highest BCUT2D eigenvalue weighted by Gasteiger charge is 2.39. The Balaban J connectivity index is 0.806. The first-order valence-electron chi connectivity index (χ1n) is 20.0. The lowest BCUT2D eigenvalue weighted by atomic mass is 9.88. The number of nitrogens with one attached hydrogen (secondary N) is 2. The van der Waals surface area contributed by atoms with E-state index in [1.807, 2.05) is 36.4 Å². The van der Waals surface area contributed by atoms with Crippen LogP contribution in [0.5, 0.6) is 0 Å². The van der Waals surface area contributed by atoms with E-state index < -0.39 is 30.5 Å². The summed E-state index contributed by atoms with van der Waals surface area (Å²) in [6.45, 7) is 6.82. The monoisotopic (exact) mass is 783 g/mol. The molecule has 1 atom stereocenters. The van der Waals surface area contributed by atoms with Gasteiger partial charge >= 0.3 is 6.18 Å². The third-order valence-corrected chi connectivity index (χ3v) is 12.6. The van der Waals surface area contributed by atoms with Gasteiger partial charge in [0.1, 0.15) is 6.04 Å². The van der Waals surface area contributed by atoms with Crippen LogP contribution in [0.25, 0.3) is 16.5 Å². The molecule has 4 aromatic rings. The summed E-state index contributed by atoms with van der Waals surface area (Å²) >= 11 is 0. The van der Waals surface area contributed by atoms with Crippen LogP contribution < -0.4 is 15.1 Å². The SMILES string of the molecule is O=C1CC[C@H](N2Cc3cc(N4CCN(CC5CCN(c6ccc(C7=C(CC(F)(F)F)CCCc8c7ccc7n[nH]c(F)c87)cc6)CC5)CC4)ccc3C2=O)C(=O)N1. The Bertz CT molecular complexity index is 2250. The van der Waals surface area contributed by atoms with Crippen LogP contribution in [0.4, 0.5) is 28.9 Å². The van der Waals surface area contributed by atoms with Crippen LogP contribution in [0, 0.1) is 11.9 Å². The van der Waals surface area contributed by atoms with Crippen molar-refractivity contribution in [3.8, 4) is 0 Å². The summed E-state index contributed by atoms with van der Waals surface area (Å²) in [5.74, 6) is -0.852. The van der Waals surface area contributed by atoms with E-state index in [0.717, 1.165) is 75.6 Å². The fourth-order valence-electron chi connectivity index (χ4n) is 9.73.